The second-order valence-electron chi connectivity index (χ2n) is 4.45. The van der Waals surface area contributed by atoms with E-state index in [0.717, 1.165) is 20.5 Å². The van der Waals surface area contributed by atoms with Gasteiger partial charge in [-0.05, 0) is 35.2 Å². The van der Waals surface area contributed by atoms with Crippen molar-refractivity contribution in [1.29, 1.82) is 0 Å². The molecule has 2 N–H and O–H groups in total. The van der Waals surface area contributed by atoms with Crippen LogP contribution in [0.2, 0.25) is 10.0 Å². The van der Waals surface area contributed by atoms with Crippen molar-refractivity contribution in [3.8, 4) is 0 Å². The first kappa shape index (κ1) is 13.8. The molecule has 3 rings (SSSR count). The van der Waals surface area contributed by atoms with Gasteiger partial charge < -0.3 is 5.73 Å². The number of hydrogen-bond acceptors (Lipinski definition) is 2. The lowest BCUT2D eigenvalue weighted by atomic mass is 10.1. The van der Waals surface area contributed by atoms with Gasteiger partial charge in [0, 0.05) is 9.58 Å². The van der Waals surface area contributed by atoms with Crippen LogP contribution >= 0.6 is 34.5 Å². The van der Waals surface area contributed by atoms with Crippen LogP contribution in [0.15, 0.2) is 42.5 Å². The second kappa shape index (κ2) is 5.34. The van der Waals surface area contributed by atoms with Crippen LogP contribution in [0, 0.1) is 5.82 Å². The fourth-order valence-electron chi connectivity index (χ4n) is 2.09. The predicted molar refractivity (Wildman–Crippen MR) is 84.3 cm³/mol. The molecule has 0 saturated carbocycles. The van der Waals surface area contributed by atoms with Crippen LogP contribution < -0.4 is 5.73 Å². The van der Waals surface area contributed by atoms with Gasteiger partial charge in [-0.3, -0.25) is 0 Å². The SMILES string of the molecule is NC(c1cc2ccc(F)cc2s1)c1cccc(Cl)c1Cl. The average molecular weight is 326 g/mol. The van der Waals surface area contributed by atoms with Crippen molar-refractivity contribution >= 4 is 44.6 Å². The van der Waals surface area contributed by atoms with Crippen LogP contribution in [0.3, 0.4) is 0 Å². The summed E-state index contributed by atoms with van der Waals surface area (Å²) < 4.78 is 14.1. The minimum Gasteiger partial charge on any atom is -0.320 e. The molecule has 0 aliphatic rings. The largest absolute Gasteiger partial charge is 0.320 e. The molecule has 20 heavy (non-hydrogen) atoms. The summed E-state index contributed by atoms with van der Waals surface area (Å²) in [4.78, 5) is 0.926. The number of benzene rings is 2. The van der Waals surface area contributed by atoms with Crippen molar-refractivity contribution in [2.24, 2.45) is 5.73 Å². The lowest BCUT2D eigenvalue weighted by Crippen LogP contribution is -2.10. The highest BCUT2D eigenvalue weighted by Crippen LogP contribution is 2.36. The summed E-state index contributed by atoms with van der Waals surface area (Å²) in [7, 11) is 0. The van der Waals surface area contributed by atoms with E-state index < -0.39 is 0 Å². The average Bonchev–Trinajstić information content (AvgIpc) is 2.84. The Labute approximate surface area is 129 Å². The summed E-state index contributed by atoms with van der Waals surface area (Å²) in [5, 5.41) is 1.91. The fraction of sp³-hybridized carbons (Fsp3) is 0.0667. The molecule has 2 aromatic carbocycles. The molecule has 0 aliphatic carbocycles. The van der Waals surface area contributed by atoms with E-state index in [9.17, 15) is 4.39 Å². The smallest absolute Gasteiger partial charge is 0.124 e. The summed E-state index contributed by atoms with van der Waals surface area (Å²) in [6.45, 7) is 0. The van der Waals surface area contributed by atoms with Crippen LogP contribution in [0.25, 0.3) is 10.1 Å². The van der Waals surface area contributed by atoms with Crippen molar-refractivity contribution in [3.63, 3.8) is 0 Å². The number of hydrogen-bond donors (Lipinski definition) is 1. The molecule has 3 aromatic rings. The van der Waals surface area contributed by atoms with Gasteiger partial charge in [0.05, 0.1) is 16.1 Å². The van der Waals surface area contributed by atoms with Gasteiger partial charge in [0.15, 0.2) is 0 Å². The molecule has 102 valence electrons. The van der Waals surface area contributed by atoms with E-state index in [1.807, 2.05) is 18.2 Å². The Kier molecular flexibility index (Phi) is 3.69. The lowest BCUT2D eigenvalue weighted by molar-refractivity contribution is 0.630. The minimum atomic E-state index is -0.373. The third-order valence-electron chi connectivity index (χ3n) is 3.12. The number of halogens is 3. The van der Waals surface area contributed by atoms with Crippen molar-refractivity contribution in [1.82, 2.24) is 0 Å². The monoisotopic (exact) mass is 325 g/mol. The minimum absolute atomic E-state index is 0.250. The lowest BCUT2D eigenvalue weighted by Gasteiger charge is -2.12. The van der Waals surface area contributed by atoms with Gasteiger partial charge in [0.25, 0.3) is 0 Å². The Morgan fingerprint density at radius 1 is 1.10 bits per heavy atom. The third kappa shape index (κ3) is 2.42. The first-order chi connectivity index (χ1) is 9.56. The normalized spacial score (nSPS) is 12.8. The van der Waals surface area contributed by atoms with Gasteiger partial charge in [-0.25, -0.2) is 4.39 Å². The molecule has 1 atom stereocenters. The van der Waals surface area contributed by atoms with E-state index in [4.69, 9.17) is 28.9 Å². The molecule has 1 aromatic heterocycles. The van der Waals surface area contributed by atoms with Gasteiger partial charge in [-0.1, -0.05) is 41.4 Å². The molecule has 0 spiro atoms. The van der Waals surface area contributed by atoms with E-state index in [2.05, 4.69) is 0 Å². The second-order valence-corrected chi connectivity index (χ2v) is 6.35. The molecule has 0 fully saturated rings. The molecule has 0 saturated heterocycles. The van der Waals surface area contributed by atoms with Crippen molar-refractivity contribution in [3.05, 3.63) is 68.8 Å². The quantitative estimate of drug-likeness (QED) is 0.671. The van der Waals surface area contributed by atoms with Gasteiger partial charge >= 0.3 is 0 Å². The highest BCUT2D eigenvalue weighted by molar-refractivity contribution is 7.19. The summed E-state index contributed by atoms with van der Waals surface area (Å²) in [6, 6.07) is 11.7. The predicted octanol–water partition coefficient (Wildman–Crippen LogP) is 5.40. The molecular formula is C15H10Cl2FNS. The topological polar surface area (TPSA) is 26.0 Å². The number of rotatable bonds is 2. The van der Waals surface area contributed by atoms with Crippen molar-refractivity contribution < 1.29 is 4.39 Å². The van der Waals surface area contributed by atoms with Gasteiger partial charge in [0.2, 0.25) is 0 Å². The maximum Gasteiger partial charge on any atom is 0.124 e. The molecular weight excluding hydrogens is 316 g/mol. The Hall–Kier alpha value is -1.13. The van der Waals surface area contributed by atoms with E-state index in [-0.39, 0.29) is 11.9 Å². The summed E-state index contributed by atoms with van der Waals surface area (Å²) in [5.74, 6) is -0.250. The highest BCUT2D eigenvalue weighted by atomic mass is 35.5. The third-order valence-corrected chi connectivity index (χ3v) is 5.14. The molecule has 1 nitrogen and oxygen atoms in total. The fourth-order valence-corrected chi connectivity index (χ4v) is 3.63. The van der Waals surface area contributed by atoms with E-state index in [1.54, 1.807) is 12.1 Å². The van der Waals surface area contributed by atoms with E-state index in [1.165, 1.54) is 23.5 Å². The highest BCUT2D eigenvalue weighted by Gasteiger charge is 2.16. The summed E-state index contributed by atoms with van der Waals surface area (Å²) >= 11 is 13.7. The van der Waals surface area contributed by atoms with Crippen molar-refractivity contribution in [2.75, 3.05) is 0 Å². The zero-order valence-corrected chi connectivity index (χ0v) is 12.6. The van der Waals surface area contributed by atoms with Crippen LogP contribution in [0.4, 0.5) is 4.39 Å². The number of fused-ring (bicyclic) bond motifs is 1. The molecule has 0 amide bonds. The number of nitrogens with two attached hydrogens (primary N) is 1. The molecule has 0 bridgehead atoms. The zero-order chi connectivity index (χ0) is 14.3. The summed E-state index contributed by atoms with van der Waals surface area (Å²) in [5.41, 5.74) is 7.03. The van der Waals surface area contributed by atoms with Crippen molar-refractivity contribution in [2.45, 2.75) is 6.04 Å². The van der Waals surface area contributed by atoms with Gasteiger partial charge in [0.1, 0.15) is 5.82 Å². The summed E-state index contributed by atoms with van der Waals surface area (Å²) in [6.07, 6.45) is 0. The van der Waals surface area contributed by atoms with Crippen LogP contribution in [0.1, 0.15) is 16.5 Å². The Morgan fingerprint density at radius 3 is 2.70 bits per heavy atom. The Morgan fingerprint density at radius 2 is 1.90 bits per heavy atom. The number of thiophene rings is 1. The molecule has 1 heterocycles. The van der Waals surface area contributed by atoms with Crippen LogP contribution in [-0.4, -0.2) is 0 Å². The molecule has 5 heteroatoms. The standard InChI is InChI=1S/C15H10Cl2FNS/c16-11-3-1-2-10(14(11)17)15(19)13-6-8-4-5-9(18)7-12(8)20-13/h1-7,15H,19H2. The maximum atomic E-state index is 13.2. The van der Waals surface area contributed by atoms with E-state index in [0.29, 0.717) is 10.0 Å². The van der Waals surface area contributed by atoms with E-state index >= 15 is 0 Å². The Bertz CT molecular complexity index is 785. The Balaban J connectivity index is 2.08. The molecule has 0 aliphatic heterocycles. The first-order valence-corrected chi connectivity index (χ1v) is 7.52. The molecule has 0 radical (unpaired) electrons. The van der Waals surface area contributed by atoms with Crippen LogP contribution in [0.5, 0.6) is 0 Å². The zero-order valence-electron chi connectivity index (χ0n) is 10.2. The van der Waals surface area contributed by atoms with Gasteiger partial charge in [-0.15, -0.1) is 11.3 Å². The van der Waals surface area contributed by atoms with Gasteiger partial charge in [-0.2, -0.15) is 0 Å². The first-order valence-electron chi connectivity index (χ1n) is 5.95. The van der Waals surface area contributed by atoms with Crippen LogP contribution in [-0.2, 0) is 0 Å². The molecule has 1 unspecified atom stereocenters. The maximum absolute atomic E-state index is 13.2.